The van der Waals surface area contributed by atoms with Crippen LogP contribution in [-0.2, 0) is 6.42 Å². The van der Waals surface area contributed by atoms with Crippen LogP contribution in [0.3, 0.4) is 0 Å². The Bertz CT molecular complexity index is 1020. The Labute approximate surface area is 153 Å². The summed E-state index contributed by atoms with van der Waals surface area (Å²) in [7, 11) is 0. The number of benzene rings is 1. The summed E-state index contributed by atoms with van der Waals surface area (Å²) in [6.45, 7) is 2.09. The Morgan fingerprint density at radius 1 is 1.08 bits per heavy atom. The van der Waals surface area contributed by atoms with Crippen LogP contribution in [0.4, 0.5) is 5.82 Å². The highest BCUT2D eigenvalue weighted by Gasteiger charge is 2.09. The molecule has 0 amide bonds. The molecule has 0 aliphatic heterocycles. The van der Waals surface area contributed by atoms with Crippen molar-refractivity contribution in [3.05, 3.63) is 75.1 Å². The minimum absolute atomic E-state index is 0.741. The molecule has 0 atom stereocenters. The van der Waals surface area contributed by atoms with Gasteiger partial charge in [-0.2, -0.15) is 5.10 Å². The van der Waals surface area contributed by atoms with E-state index in [1.54, 1.807) is 29.0 Å². The maximum Gasteiger partial charge on any atom is 0.158 e. The van der Waals surface area contributed by atoms with E-state index in [2.05, 4.69) is 69.9 Å². The highest BCUT2D eigenvalue weighted by Crippen LogP contribution is 2.29. The Morgan fingerprint density at radius 3 is 2.76 bits per heavy atom. The van der Waals surface area contributed by atoms with Crippen LogP contribution >= 0.6 is 22.7 Å². The SMILES string of the molecule is Cc1ccc(/C=N/Nc2ncnc3sc(Cc4ccccc4)cc23)s1. The summed E-state index contributed by atoms with van der Waals surface area (Å²) in [5.41, 5.74) is 4.35. The number of rotatable bonds is 5. The zero-order valence-electron chi connectivity index (χ0n) is 13.6. The molecule has 0 aliphatic carbocycles. The number of anilines is 1. The third-order valence-corrected chi connectivity index (χ3v) is 5.70. The van der Waals surface area contributed by atoms with Crippen LogP contribution in [-0.4, -0.2) is 16.2 Å². The van der Waals surface area contributed by atoms with Crippen molar-refractivity contribution in [3.8, 4) is 0 Å². The van der Waals surface area contributed by atoms with E-state index in [-0.39, 0.29) is 0 Å². The number of aryl methyl sites for hydroxylation is 1. The lowest BCUT2D eigenvalue weighted by Crippen LogP contribution is -1.93. The number of hydrazone groups is 1. The minimum atomic E-state index is 0.741. The van der Waals surface area contributed by atoms with Crippen LogP contribution in [0, 0.1) is 6.92 Å². The van der Waals surface area contributed by atoms with Crippen molar-refractivity contribution in [2.45, 2.75) is 13.3 Å². The third-order valence-electron chi connectivity index (χ3n) is 3.73. The maximum absolute atomic E-state index is 4.39. The van der Waals surface area contributed by atoms with Crippen molar-refractivity contribution in [1.29, 1.82) is 0 Å². The van der Waals surface area contributed by atoms with Crippen molar-refractivity contribution in [2.75, 3.05) is 5.43 Å². The summed E-state index contributed by atoms with van der Waals surface area (Å²) in [4.78, 5) is 13.4. The van der Waals surface area contributed by atoms with E-state index < -0.39 is 0 Å². The predicted molar refractivity (Wildman–Crippen MR) is 107 cm³/mol. The van der Waals surface area contributed by atoms with Crippen molar-refractivity contribution < 1.29 is 0 Å². The zero-order chi connectivity index (χ0) is 17.1. The van der Waals surface area contributed by atoms with Gasteiger partial charge in [0.25, 0.3) is 0 Å². The Morgan fingerprint density at radius 2 is 1.96 bits per heavy atom. The van der Waals surface area contributed by atoms with E-state index in [0.29, 0.717) is 0 Å². The predicted octanol–water partition coefficient (Wildman–Crippen LogP) is 5.10. The summed E-state index contributed by atoms with van der Waals surface area (Å²) >= 11 is 3.41. The first kappa shape index (κ1) is 15.9. The molecule has 4 nitrogen and oxygen atoms in total. The molecule has 0 fully saturated rings. The van der Waals surface area contributed by atoms with E-state index in [9.17, 15) is 0 Å². The molecule has 1 N–H and O–H groups in total. The lowest BCUT2D eigenvalue weighted by atomic mass is 10.1. The topological polar surface area (TPSA) is 50.2 Å². The molecule has 25 heavy (non-hydrogen) atoms. The first-order valence-electron chi connectivity index (χ1n) is 7.91. The molecule has 6 heteroatoms. The Balaban J connectivity index is 1.56. The Hall–Kier alpha value is -2.57. The fourth-order valence-corrected chi connectivity index (χ4v) is 4.34. The van der Waals surface area contributed by atoms with Gasteiger partial charge in [-0.25, -0.2) is 9.97 Å². The quantitative estimate of drug-likeness (QED) is 0.396. The molecule has 0 bridgehead atoms. The van der Waals surface area contributed by atoms with E-state index >= 15 is 0 Å². The second-order valence-electron chi connectivity index (χ2n) is 5.63. The van der Waals surface area contributed by atoms with Crippen LogP contribution in [0.1, 0.15) is 20.2 Å². The first-order chi connectivity index (χ1) is 12.3. The summed E-state index contributed by atoms with van der Waals surface area (Å²) in [6, 6.07) is 16.8. The van der Waals surface area contributed by atoms with Crippen LogP contribution in [0.15, 0.2) is 60.0 Å². The normalized spacial score (nSPS) is 11.4. The van der Waals surface area contributed by atoms with Gasteiger partial charge in [-0.15, -0.1) is 22.7 Å². The number of nitrogens with zero attached hydrogens (tertiary/aromatic N) is 3. The molecule has 0 radical (unpaired) electrons. The van der Waals surface area contributed by atoms with E-state index in [0.717, 1.165) is 27.3 Å². The lowest BCUT2D eigenvalue weighted by molar-refractivity contribution is 1.19. The fourth-order valence-electron chi connectivity index (χ4n) is 2.56. The second-order valence-corrected chi connectivity index (χ2v) is 8.07. The summed E-state index contributed by atoms with van der Waals surface area (Å²) in [5, 5.41) is 5.33. The van der Waals surface area contributed by atoms with E-state index in [4.69, 9.17) is 0 Å². The molecular weight excluding hydrogens is 348 g/mol. The first-order valence-corrected chi connectivity index (χ1v) is 9.54. The van der Waals surface area contributed by atoms with Gasteiger partial charge in [0.15, 0.2) is 5.82 Å². The number of aromatic nitrogens is 2. The van der Waals surface area contributed by atoms with Crippen LogP contribution in [0.2, 0.25) is 0 Å². The molecule has 0 spiro atoms. The molecule has 124 valence electrons. The zero-order valence-corrected chi connectivity index (χ0v) is 15.3. The number of nitrogens with one attached hydrogen (secondary N) is 1. The summed E-state index contributed by atoms with van der Waals surface area (Å²) in [5.74, 6) is 0.741. The average Bonchev–Trinajstić information content (AvgIpc) is 3.22. The van der Waals surface area contributed by atoms with Gasteiger partial charge in [-0.05, 0) is 30.7 Å². The summed E-state index contributed by atoms with van der Waals surface area (Å²) in [6.07, 6.45) is 4.31. The molecule has 0 saturated heterocycles. The van der Waals surface area contributed by atoms with Crippen molar-refractivity contribution in [2.24, 2.45) is 5.10 Å². The molecule has 0 unspecified atom stereocenters. The van der Waals surface area contributed by atoms with Crippen LogP contribution < -0.4 is 5.43 Å². The van der Waals surface area contributed by atoms with Crippen LogP contribution in [0.25, 0.3) is 10.2 Å². The second kappa shape index (κ2) is 7.13. The molecule has 4 rings (SSSR count). The number of hydrogen-bond donors (Lipinski definition) is 1. The van der Waals surface area contributed by atoms with Crippen molar-refractivity contribution in [3.63, 3.8) is 0 Å². The fraction of sp³-hybridized carbons (Fsp3) is 0.105. The highest BCUT2D eigenvalue weighted by atomic mass is 32.1. The van der Waals surface area contributed by atoms with Gasteiger partial charge in [0.2, 0.25) is 0 Å². The molecule has 4 aromatic rings. The smallest absolute Gasteiger partial charge is 0.158 e. The monoisotopic (exact) mass is 364 g/mol. The van der Waals surface area contributed by atoms with Crippen LogP contribution in [0.5, 0.6) is 0 Å². The van der Waals surface area contributed by atoms with Crippen molar-refractivity contribution >= 4 is 44.9 Å². The number of thiophene rings is 2. The third kappa shape index (κ3) is 3.75. The number of fused-ring (bicyclic) bond motifs is 1. The van der Waals surface area contributed by atoms with Gasteiger partial charge >= 0.3 is 0 Å². The molecule has 0 saturated carbocycles. The van der Waals surface area contributed by atoms with Gasteiger partial charge in [0, 0.05) is 21.1 Å². The van der Waals surface area contributed by atoms with E-state index in [1.165, 1.54) is 15.3 Å². The van der Waals surface area contributed by atoms with Gasteiger partial charge in [-0.1, -0.05) is 30.3 Å². The lowest BCUT2D eigenvalue weighted by Gasteiger charge is -1.99. The molecule has 1 aromatic carbocycles. The molecular formula is C19H16N4S2. The van der Waals surface area contributed by atoms with Gasteiger partial charge in [0.1, 0.15) is 11.2 Å². The average molecular weight is 364 g/mol. The highest BCUT2D eigenvalue weighted by molar-refractivity contribution is 7.18. The maximum atomic E-state index is 4.39. The van der Waals surface area contributed by atoms with E-state index in [1.807, 2.05) is 12.3 Å². The minimum Gasteiger partial charge on any atom is -0.261 e. The molecule has 0 aliphatic rings. The molecule has 3 aromatic heterocycles. The van der Waals surface area contributed by atoms with Gasteiger partial charge < -0.3 is 0 Å². The van der Waals surface area contributed by atoms with Gasteiger partial charge in [0.05, 0.1) is 11.6 Å². The van der Waals surface area contributed by atoms with Gasteiger partial charge in [-0.3, -0.25) is 5.43 Å². The standard InChI is InChI=1S/C19H16N4S2/c1-13-7-8-15(24-13)11-22-23-18-17-10-16(25-19(17)21-12-20-18)9-14-5-3-2-4-6-14/h2-8,10-12H,9H2,1H3,(H,20,21,23)/b22-11+. The Kier molecular flexibility index (Phi) is 4.54. The summed E-state index contributed by atoms with van der Waals surface area (Å²) < 4.78 is 0. The number of hydrogen-bond acceptors (Lipinski definition) is 6. The molecule has 3 heterocycles. The van der Waals surface area contributed by atoms with Crippen molar-refractivity contribution in [1.82, 2.24) is 9.97 Å². The largest absolute Gasteiger partial charge is 0.261 e.